The predicted molar refractivity (Wildman–Crippen MR) is 57.4 cm³/mol. The lowest BCUT2D eigenvalue weighted by molar-refractivity contribution is 0.0965. The molecule has 1 aromatic carbocycles. The number of hydrogen-bond acceptors (Lipinski definition) is 2. The van der Waals surface area contributed by atoms with Crippen LogP contribution in [0.1, 0.15) is 15.9 Å². The van der Waals surface area contributed by atoms with Gasteiger partial charge in [-0.2, -0.15) is 0 Å². The summed E-state index contributed by atoms with van der Waals surface area (Å²) in [6.07, 6.45) is 2.26. The maximum Gasteiger partial charge on any atom is 0.319 e. The summed E-state index contributed by atoms with van der Waals surface area (Å²) < 4.78 is 0. The second kappa shape index (κ2) is 4.95. The van der Waals surface area contributed by atoms with Gasteiger partial charge in [-0.1, -0.05) is 24.3 Å². The molecule has 4 heteroatoms. The highest BCUT2D eigenvalue weighted by molar-refractivity contribution is 6.04. The molecular formula is C11H12N2O2. The molecule has 0 aliphatic heterocycles. The molecule has 15 heavy (non-hydrogen) atoms. The molecule has 0 aromatic heterocycles. The number of rotatable bonds is 3. The number of carbonyl (C=O) groups excluding carboxylic acids is 2. The number of nitrogens with one attached hydrogen (secondary N) is 1. The Morgan fingerprint density at radius 2 is 2.07 bits per heavy atom. The number of imide groups is 1. The van der Waals surface area contributed by atoms with E-state index < -0.39 is 11.9 Å². The molecule has 1 aromatic rings. The molecular weight excluding hydrogens is 192 g/mol. The average molecular weight is 204 g/mol. The van der Waals surface area contributed by atoms with E-state index in [4.69, 9.17) is 5.73 Å². The number of benzene rings is 1. The van der Waals surface area contributed by atoms with Crippen molar-refractivity contribution in [3.05, 3.63) is 48.0 Å². The number of hydrogen-bond donors (Lipinski definition) is 2. The van der Waals surface area contributed by atoms with Gasteiger partial charge in [-0.05, 0) is 18.1 Å². The minimum atomic E-state index is -0.853. The molecule has 0 fully saturated rings. The number of primary amides is 1. The van der Waals surface area contributed by atoms with E-state index in [2.05, 4.69) is 6.58 Å². The Kier molecular flexibility index (Phi) is 3.62. The highest BCUT2D eigenvalue weighted by atomic mass is 16.2. The highest BCUT2D eigenvalue weighted by Crippen LogP contribution is 2.09. The normalized spacial score (nSPS) is 9.33. The van der Waals surface area contributed by atoms with Crippen LogP contribution in [0.15, 0.2) is 36.9 Å². The lowest BCUT2D eigenvalue weighted by atomic mass is 10.0. The van der Waals surface area contributed by atoms with Gasteiger partial charge in [-0.15, -0.1) is 6.58 Å². The fraction of sp³-hybridized carbons (Fsp3) is 0.0909. The zero-order valence-corrected chi connectivity index (χ0v) is 8.19. The van der Waals surface area contributed by atoms with Crippen molar-refractivity contribution in [1.29, 1.82) is 0 Å². The predicted octanol–water partition coefficient (Wildman–Crippen LogP) is 1.22. The van der Waals surface area contributed by atoms with Gasteiger partial charge in [0.1, 0.15) is 0 Å². The molecule has 0 spiro atoms. The van der Waals surface area contributed by atoms with E-state index in [1.807, 2.05) is 11.4 Å². The zero-order chi connectivity index (χ0) is 11.3. The van der Waals surface area contributed by atoms with Gasteiger partial charge < -0.3 is 5.73 Å². The molecule has 1 rings (SSSR count). The molecule has 0 aliphatic rings. The number of allylic oxidation sites excluding steroid dienone is 1. The van der Waals surface area contributed by atoms with E-state index in [9.17, 15) is 9.59 Å². The van der Waals surface area contributed by atoms with Crippen molar-refractivity contribution in [3.63, 3.8) is 0 Å². The molecule has 0 bridgehead atoms. The molecule has 4 nitrogen and oxygen atoms in total. The molecule has 3 amide bonds. The zero-order valence-electron chi connectivity index (χ0n) is 8.19. The van der Waals surface area contributed by atoms with Crippen molar-refractivity contribution < 1.29 is 9.59 Å². The van der Waals surface area contributed by atoms with Crippen LogP contribution in [-0.4, -0.2) is 11.9 Å². The van der Waals surface area contributed by atoms with E-state index >= 15 is 0 Å². The third kappa shape index (κ3) is 2.95. The standard InChI is InChI=1S/C11H12N2O2/c1-2-5-8-6-3-4-7-9(8)10(14)13-11(12)15/h2-4,6-7H,1,5H2,(H3,12,13,14,15). The second-order valence-corrected chi connectivity index (χ2v) is 2.97. The van der Waals surface area contributed by atoms with Crippen LogP contribution in [0.4, 0.5) is 4.79 Å². The Morgan fingerprint density at radius 1 is 1.40 bits per heavy atom. The van der Waals surface area contributed by atoms with Crippen LogP contribution in [0.25, 0.3) is 0 Å². The van der Waals surface area contributed by atoms with Crippen LogP contribution in [0.2, 0.25) is 0 Å². The maximum absolute atomic E-state index is 11.5. The fourth-order valence-electron chi connectivity index (χ4n) is 1.25. The SMILES string of the molecule is C=CCc1ccccc1C(=O)NC(N)=O. The monoisotopic (exact) mass is 204 g/mol. The van der Waals surface area contributed by atoms with Crippen LogP contribution in [-0.2, 0) is 6.42 Å². The van der Waals surface area contributed by atoms with E-state index in [-0.39, 0.29) is 0 Å². The molecule has 0 saturated carbocycles. The van der Waals surface area contributed by atoms with Gasteiger partial charge in [0.05, 0.1) is 0 Å². The quantitative estimate of drug-likeness (QED) is 0.726. The van der Waals surface area contributed by atoms with E-state index in [1.54, 1.807) is 24.3 Å². The van der Waals surface area contributed by atoms with Gasteiger partial charge in [-0.25, -0.2) is 4.79 Å². The van der Waals surface area contributed by atoms with Crippen LogP contribution in [0, 0.1) is 0 Å². The van der Waals surface area contributed by atoms with E-state index in [0.717, 1.165) is 5.56 Å². The third-order valence-electron chi connectivity index (χ3n) is 1.86. The van der Waals surface area contributed by atoms with Gasteiger partial charge in [0.25, 0.3) is 5.91 Å². The largest absolute Gasteiger partial charge is 0.351 e. The minimum absolute atomic E-state index is 0.441. The third-order valence-corrected chi connectivity index (χ3v) is 1.86. The summed E-state index contributed by atoms with van der Waals surface area (Å²) in [4.78, 5) is 22.0. The first-order chi connectivity index (χ1) is 7.15. The van der Waals surface area contributed by atoms with Gasteiger partial charge in [0.15, 0.2) is 0 Å². The first-order valence-electron chi connectivity index (χ1n) is 4.44. The Labute approximate surface area is 87.8 Å². The van der Waals surface area contributed by atoms with Gasteiger partial charge in [0, 0.05) is 5.56 Å². The highest BCUT2D eigenvalue weighted by Gasteiger charge is 2.10. The second-order valence-electron chi connectivity index (χ2n) is 2.97. The molecule has 0 atom stereocenters. The Bertz CT molecular complexity index is 399. The van der Waals surface area contributed by atoms with E-state index in [0.29, 0.717) is 12.0 Å². The number of urea groups is 1. The number of nitrogens with two attached hydrogens (primary N) is 1. The molecule has 0 unspecified atom stereocenters. The molecule has 0 radical (unpaired) electrons. The average Bonchev–Trinajstić information content (AvgIpc) is 2.18. The van der Waals surface area contributed by atoms with Gasteiger partial charge in [0.2, 0.25) is 0 Å². The number of amides is 3. The molecule has 0 saturated heterocycles. The topological polar surface area (TPSA) is 72.2 Å². The summed E-state index contributed by atoms with van der Waals surface area (Å²) in [5.41, 5.74) is 6.12. The Morgan fingerprint density at radius 3 is 2.67 bits per heavy atom. The molecule has 0 heterocycles. The van der Waals surface area contributed by atoms with Crippen LogP contribution >= 0.6 is 0 Å². The van der Waals surface area contributed by atoms with Crippen molar-refractivity contribution in [3.8, 4) is 0 Å². The summed E-state index contributed by atoms with van der Waals surface area (Å²) in [6.45, 7) is 3.59. The molecule has 78 valence electrons. The summed E-state index contributed by atoms with van der Waals surface area (Å²) in [5.74, 6) is -0.486. The summed E-state index contributed by atoms with van der Waals surface area (Å²) in [5, 5.41) is 2.02. The number of carbonyl (C=O) groups is 2. The van der Waals surface area contributed by atoms with E-state index in [1.165, 1.54) is 0 Å². The lowest BCUT2D eigenvalue weighted by Crippen LogP contribution is -2.35. The van der Waals surface area contributed by atoms with Crippen LogP contribution in [0.5, 0.6) is 0 Å². The summed E-state index contributed by atoms with van der Waals surface area (Å²) >= 11 is 0. The van der Waals surface area contributed by atoms with Crippen molar-refractivity contribution in [2.24, 2.45) is 5.73 Å². The lowest BCUT2D eigenvalue weighted by Gasteiger charge is -2.05. The van der Waals surface area contributed by atoms with Crippen molar-refractivity contribution in [1.82, 2.24) is 5.32 Å². The van der Waals surface area contributed by atoms with Crippen molar-refractivity contribution in [2.75, 3.05) is 0 Å². The Hall–Kier alpha value is -2.10. The Balaban J connectivity index is 2.96. The minimum Gasteiger partial charge on any atom is -0.351 e. The van der Waals surface area contributed by atoms with Crippen LogP contribution in [0.3, 0.4) is 0 Å². The van der Waals surface area contributed by atoms with Crippen LogP contribution < -0.4 is 11.1 Å². The summed E-state index contributed by atoms with van der Waals surface area (Å²) in [6, 6.07) is 6.13. The van der Waals surface area contributed by atoms with Gasteiger partial charge in [-0.3, -0.25) is 10.1 Å². The van der Waals surface area contributed by atoms with Crippen molar-refractivity contribution >= 4 is 11.9 Å². The summed E-state index contributed by atoms with van der Waals surface area (Å²) in [7, 11) is 0. The maximum atomic E-state index is 11.5. The molecule has 3 N–H and O–H groups in total. The first kappa shape index (κ1) is 11.0. The first-order valence-corrected chi connectivity index (χ1v) is 4.44. The fourth-order valence-corrected chi connectivity index (χ4v) is 1.25. The molecule has 0 aliphatic carbocycles. The smallest absolute Gasteiger partial charge is 0.319 e. The van der Waals surface area contributed by atoms with Crippen molar-refractivity contribution in [2.45, 2.75) is 6.42 Å². The van der Waals surface area contributed by atoms with Gasteiger partial charge >= 0.3 is 6.03 Å².